The normalized spacial score (nSPS) is 26.2. The molecule has 2 nitrogen and oxygen atoms in total. The minimum atomic E-state index is -0.801. The number of hydrogen-bond acceptors (Lipinski definition) is 2. The summed E-state index contributed by atoms with van der Waals surface area (Å²) in [6, 6.07) is 5.28. The first-order valence-corrected chi connectivity index (χ1v) is 6.20. The molecule has 88 valence electrons. The zero-order valence-corrected chi connectivity index (χ0v) is 10.7. The second-order valence-electron chi connectivity index (χ2n) is 4.31. The molecule has 1 aliphatic rings. The molecule has 0 radical (unpaired) electrons. The summed E-state index contributed by atoms with van der Waals surface area (Å²) >= 11 is 11.9. The molecule has 0 aromatic heterocycles. The zero-order valence-electron chi connectivity index (χ0n) is 9.21. The van der Waals surface area contributed by atoms with E-state index in [0.29, 0.717) is 16.6 Å². The summed E-state index contributed by atoms with van der Waals surface area (Å²) in [4.78, 5) is 2.22. The van der Waals surface area contributed by atoms with Crippen molar-refractivity contribution in [3.05, 3.63) is 33.8 Å². The third-order valence-electron chi connectivity index (χ3n) is 3.17. The van der Waals surface area contributed by atoms with Gasteiger partial charge in [0.2, 0.25) is 0 Å². The van der Waals surface area contributed by atoms with E-state index in [4.69, 9.17) is 23.2 Å². The van der Waals surface area contributed by atoms with Crippen LogP contribution in [-0.4, -0.2) is 29.6 Å². The minimum absolute atomic E-state index is 0.575. The number of β-amino-alcohol motifs (C(OH)–C–C–N with tert-alkyl or cyclic N) is 1. The van der Waals surface area contributed by atoms with Crippen molar-refractivity contribution in [1.29, 1.82) is 0 Å². The van der Waals surface area contributed by atoms with Gasteiger partial charge in [-0.25, -0.2) is 0 Å². The molecule has 1 aromatic carbocycles. The molecule has 0 bridgehead atoms. The number of halogens is 2. The predicted octanol–water partition coefficient (Wildman–Crippen LogP) is 2.91. The Labute approximate surface area is 106 Å². The third kappa shape index (κ3) is 2.35. The number of likely N-dealkylation sites (N-methyl/N-ethyl adjacent to an activating group) is 1. The van der Waals surface area contributed by atoms with E-state index in [-0.39, 0.29) is 0 Å². The molecular weight excluding hydrogens is 245 g/mol. The summed E-state index contributed by atoms with van der Waals surface area (Å²) in [5, 5.41) is 11.7. The highest BCUT2D eigenvalue weighted by atomic mass is 35.5. The molecule has 0 saturated carbocycles. The molecule has 1 unspecified atom stereocenters. The summed E-state index contributed by atoms with van der Waals surface area (Å²) < 4.78 is 0. The monoisotopic (exact) mass is 259 g/mol. The standard InChI is InChI=1S/C12H15Cl2NO/c1-2-15-4-3-12(16,8-15)9-5-10(13)7-11(14)6-9/h5-7,16H,2-4,8H2,1H3. The maximum Gasteiger partial charge on any atom is 0.104 e. The van der Waals surface area contributed by atoms with Crippen molar-refractivity contribution < 1.29 is 5.11 Å². The van der Waals surface area contributed by atoms with Gasteiger partial charge in [-0.1, -0.05) is 30.1 Å². The van der Waals surface area contributed by atoms with Gasteiger partial charge < -0.3 is 10.0 Å². The third-order valence-corrected chi connectivity index (χ3v) is 3.61. The average Bonchev–Trinajstić information content (AvgIpc) is 2.60. The number of likely N-dealkylation sites (tertiary alicyclic amines) is 1. The van der Waals surface area contributed by atoms with Crippen LogP contribution < -0.4 is 0 Å². The number of nitrogens with zero attached hydrogens (tertiary/aromatic N) is 1. The van der Waals surface area contributed by atoms with Gasteiger partial charge in [0.1, 0.15) is 5.60 Å². The first-order valence-electron chi connectivity index (χ1n) is 5.45. The minimum Gasteiger partial charge on any atom is -0.384 e. The first kappa shape index (κ1) is 12.2. The van der Waals surface area contributed by atoms with Crippen LogP contribution in [0.25, 0.3) is 0 Å². The van der Waals surface area contributed by atoms with Crippen molar-refractivity contribution in [3.63, 3.8) is 0 Å². The number of rotatable bonds is 2. The number of hydrogen-bond donors (Lipinski definition) is 1. The highest BCUT2D eigenvalue weighted by Gasteiger charge is 2.37. The van der Waals surface area contributed by atoms with E-state index in [9.17, 15) is 5.11 Å². The number of aliphatic hydroxyl groups is 1. The van der Waals surface area contributed by atoms with Crippen LogP contribution >= 0.6 is 23.2 Å². The summed E-state index contributed by atoms with van der Waals surface area (Å²) in [6.45, 7) is 4.62. The highest BCUT2D eigenvalue weighted by Crippen LogP contribution is 2.34. The van der Waals surface area contributed by atoms with Crippen molar-refractivity contribution in [2.75, 3.05) is 19.6 Å². The second kappa shape index (κ2) is 4.53. The molecule has 0 amide bonds. The van der Waals surface area contributed by atoms with Gasteiger partial charge in [-0.2, -0.15) is 0 Å². The molecule has 0 spiro atoms. The molecule has 1 fully saturated rings. The van der Waals surface area contributed by atoms with Crippen LogP contribution in [0, 0.1) is 0 Å². The Morgan fingerprint density at radius 2 is 1.94 bits per heavy atom. The van der Waals surface area contributed by atoms with Gasteiger partial charge in [0.25, 0.3) is 0 Å². The Morgan fingerprint density at radius 1 is 1.31 bits per heavy atom. The Kier molecular flexibility index (Phi) is 3.45. The second-order valence-corrected chi connectivity index (χ2v) is 5.18. The van der Waals surface area contributed by atoms with E-state index < -0.39 is 5.60 Å². The Morgan fingerprint density at radius 3 is 2.44 bits per heavy atom. The van der Waals surface area contributed by atoms with E-state index >= 15 is 0 Å². The lowest BCUT2D eigenvalue weighted by Crippen LogP contribution is -2.30. The Hall–Kier alpha value is -0.280. The van der Waals surface area contributed by atoms with Crippen LogP contribution in [-0.2, 0) is 5.60 Å². The van der Waals surface area contributed by atoms with Crippen molar-refractivity contribution in [2.45, 2.75) is 18.9 Å². The van der Waals surface area contributed by atoms with Gasteiger partial charge in [-0.3, -0.25) is 0 Å². The quantitative estimate of drug-likeness (QED) is 0.883. The van der Waals surface area contributed by atoms with Gasteiger partial charge in [-0.05, 0) is 36.7 Å². The molecule has 2 rings (SSSR count). The summed E-state index contributed by atoms with van der Waals surface area (Å²) in [7, 11) is 0. The van der Waals surface area contributed by atoms with E-state index in [1.54, 1.807) is 18.2 Å². The maximum atomic E-state index is 10.6. The van der Waals surface area contributed by atoms with Crippen molar-refractivity contribution in [2.24, 2.45) is 0 Å². The van der Waals surface area contributed by atoms with Gasteiger partial charge in [0.15, 0.2) is 0 Å². The summed E-state index contributed by atoms with van der Waals surface area (Å²) in [6.07, 6.45) is 0.734. The van der Waals surface area contributed by atoms with Crippen LogP contribution in [0.2, 0.25) is 10.0 Å². The van der Waals surface area contributed by atoms with Gasteiger partial charge in [0.05, 0.1) is 0 Å². The molecular formula is C12H15Cl2NO. The number of benzene rings is 1. The molecule has 1 heterocycles. The Bertz CT molecular complexity index is 376. The van der Waals surface area contributed by atoms with Crippen LogP contribution in [0.1, 0.15) is 18.9 Å². The smallest absolute Gasteiger partial charge is 0.104 e. The van der Waals surface area contributed by atoms with Crippen LogP contribution in [0.3, 0.4) is 0 Å². The SMILES string of the molecule is CCN1CCC(O)(c2cc(Cl)cc(Cl)c2)C1. The van der Waals surface area contributed by atoms with E-state index in [2.05, 4.69) is 11.8 Å². The van der Waals surface area contributed by atoms with Crippen LogP contribution in [0.5, 0.6) is 0 Å². The molecule has 16 heavy (non-hydrogen) atoms. The fourth-order valence-electron chi connectivity index (χ4n) is 2.20. The lowest BCUT2D eigenvalue weighted by Gasteiger charge is -2.24. The van der Waals surface area contributed by atoms with Gasteiger partial charge in [0, 0.05) is 23.1 Å². The molecule has 4 heteroatoms. The summed E-state index contributed by atoms with van der Waals surface area (Å²) in [5.41, 5.74) is 0.0193. The molecule has 1 aromatic rings. The van der Waals surface area contributed by atoms with Crippen LogP contribution in [0.15, 0.2) is 18.2 Å². The summed E-state index contributed by atoms with van der Waals surface area (Å²) in [5.74, 6) is 0. The molecule has 1 N–H and O–H groups in total. The van der Waals surface area contributed by atoms with E-state index in [1.807, 2.05) is 0 Å². The molecule has 1 saturated heterocycles. The lowest BCUT2D eigenvalue weighted by molar-refractivity contribution is 0.0467. The molecule has 1 aliphatic heterocycles. The van der Waals surface area contributed by atoms with Crippen molar-refractivity contribution >= 4 is 23.2 Å². The van der Waals surface area contributed by atoms with E-state index in [0.717, 1.165) is 25.1 Å². The molecule has 0 aliphatic carbocycles. The fraction of sp³-hybridized carbons (Fsp3) is 0.500. The molecule has 1 atom stereocenters. The Balaban J connectivity index is 2.29. The van der Waals surface area contributed by atoms with Gasteiger partial charge in [-0.15, -0.1) is 0 Å². The topological polar surface area (TPSA) is 23.5 Å². The van der Waals surface area contributed by atoms with Gasteiger partial charge >= 0.3 is 0 Å². The highest BCUT2D eigenvalue weighted by molar-refractivity contribution is 6.34. The van der Waals surface area contributed by atoms with Crippen molar-refractivity contribution in [1.82, 2.24) is 4.90 Å². The van der Waals surface area contributed by atoms with Crippen LogP contribution in [0.4, 0.5) is 0 Å². The fourth-order valence-corrected chi connectivity index (χ4v) is 2.73. The predicted molar refractivity (Wildman–Crippen MR) is 67.1 cm³/mol. The first-order chi connectivity index (χ1) is 7.53. The lowest BCUT2D eigenvalue weighted by atomic mass is 9.93. The zero-order chi connectivity index (χ0) is 11.8. The average molecular weight is 260 g/mol. The van der Waals surface area contributed by atoms with E-state index in [1.165, 1.54) is 0 Å². The largest absolute Gasteiger partial charge is 0.384 e. The van der Waals surface area contributed by atoms with Crippen molar-refractivity contribution in [3.8, 4) is 0 Å². The maximum absolute atomic E-state index is 10.6.